The number of aryl methyl sites for hydroxylation is 1. The standard InChI is InChI=1S/C24H25ClN4O/c1-17-4-2-3-5-21(17)22-10-11-23(28-27-22)29-14-12-19(13-15-29)24(30)26-16-18-6-8-20(25)9-7-18/h2-11,19H,12-16H2,1H3,(H,26,30). The summed E-state index contributed by atoms with van der Waals surface area (Å²) in [6, 6.07) is 19.8. The Morgan fingerprint density at radius 1 is 1.03 bits per heavy atom. The van der Waals surface area contributed by atoms with E-state index in [9.17, 15) is 4.79 Å². The normalized spacial score (nSPS) is 14.5. The number of hydrogen-bond acceptors (Lipinski definition) is 4. The molecule has 2 aromatic carbocycles. The summed E-state index contributed by atoms with van der Waals surface area (Å²) in [7, 11) is 0. The number of nitrogens with zero attached hydrogens (tertiary/aromatic N) is 3. The van der Waals surface area contributed by atoms with Crippen molar-refractivity contribution in [2.75, 3.05) is 18.0 Å². The Bertz CT molecular complexity index is 996. The highest BCUT2D eigenvalue weighted by Gasteiger charge is 2.25. The third-order valence-corrected chi connectivity index (χ3v) is 5.89. The van der Waals surface area contributed by atoms with Gasteiger partial charge >= 0.3 is 0 Å². The van der Waals surface area contributed by atoms with Gasteiger partial charge in [0.2, 0.25) is 5.91 Å². The van der Waals surface area contributed by atoms with Crippen LogP contribution in [0.25, 0.3) is 11.3 Å². The summed E-state index contributed by atoms with van der Waals surface area (Å²) >= 11 is 5.91. The number of anilines is 1. The van der Waals surface area contributed by atoms with Gasteiger partial charge in [0.25, 0.3) is 0 Å². The molecule has 1 saturated heterocycles. The molecule has 1 aromatic heterocycles. The maximum Gasteiger partial charge on any atom is 0.223 e. The second-order valence-electron chi connectivity index (χ2n) is 7.70. The van der Waals surface area contributed by atoms with Crippen LogP contribution in [0.15, 0.2) is 60.7 Å². The number of carbonyl (C=O) groups excluding carboxylic acids is 1. The first-order chi connectivity index (χ1) is 14.6. The van der Waals surface area contributed by atoms with Crippen LogP contribution in [0.2, 0.25) is 5.02 Å². The lowest BCUT2D eigenvalue weighted by Gasteiger charge is -2.31. The van der Waals surface area contributed by atoms with Gasteiger partial charge in [-0.1, -0.05) is 48.0 Å². The lowest BCUT2D eigenvalue weighted by molar-refractivity contribution is -0.125. The van der Waals surface area contributed by atoms with Crippen molar-refractivity contribution in [3.63, 3.8) is 0 Å². The Kier molecular flexibility index (Phi) is 6.29. The lowest BCUT2D eigenvalue weighted by Crippen LogP contribution is -2.40. The van der Waals surface area contributed by atoms with Gasteiger partial charge < -0.3 is 10.2 Å². The molecule has 0 saturated carbocycles. The minimum Gasteiger partial charge on any atom is -0.355 e. The largest absolute Gasteiger partial charge is 0.355 e. The van der Waals surface area contributed by atoms with E-state index in [4.69, 9.17) is 11.6 Å². The number of carbonyl (C=O) groups is 1. The highest BCUT2D eigenvalue weighted by Crippen LogP contribution is 2.25. The van der Waals surface area contributed by atoms with Gasteiger partial charge in [-0.25, -0.2) is 0 Å². The first-order valence-electron chi connectivity index (χ1n) is 10.3. The van der Waals surface area contributed by atoms with Crippen molar-refractivity contribution in [1.82, 2.24) is 15.5 Å². The summed E-state index contributed by atoms with van der Waals surface area (Å²) in [5.41, 5.74) is 4.22. The molecule has 1 fully saturated rings. The molecule has 4 rings (SSSR count). The molecule has 0 atom stereocenters. The van der Waals surface area contributed by atoms with E-state index in [0.717, 1.165) is 48.6 Å². The fraction of sp³-hybridized carbons (Fsp3) is 0.292. The third-order valence-electron chi connectivity index (χ3n) is 5.64. The summed E-state index contributed by atoms with van der Waals surface area (Å²) in [4.78, 5) is 14.7. The molecular formula is C24H25ClN4O. The molecule has 0 radical (unpaired) electrons. The number of halogens is 1. The van der Waals surface area contributed by atoms with Gasteiger partial charge in [-0.3, -0.25) is 4.79 Å². The monoisotopic (exact) mass is 420 g/mol. The third kappa shape index (κ3) is 4.79. The van der Waals surface area contributed by atoms with Gasteiger partial charge in [-0.2, -0.15) is 0 Å². The quantitative estimate of drug-likeness (QED) is 0.653. The molecule has 154 valence electrons. The second kappa shape index (κ2) is 9.26. The number of aromatic nitrogens is 2. The van der Waals surface area contributed by atoms with E-state index in [1.807, 2.05) is 48.5 Å². The van der Waals surface area contributed by atoms with Crippen molar-refractivity contribution >= 4 is 23.3 Å². The number of nitrogens with one attached hydrogen (secondary N) is 1. The summed E-state index contributed by atoms with van der Waals surface area (Å²) < 4.78 is 0. The van der Waals surface area contributed by atoms with Gasteiger partial charge in [-0.15, -0.1) is 10.2 Å². The molecule has 1 aliphatic heterocycles. The highest BCUT2D eigenvalue weighted by atomic mass is 35.5. The van der Waals surface area contributed by atoms with Crippen LogP contribution in [0, 0.1) is 12.8 Å². The van der Waals surface area contributed by atoms with E-state index in [2.05, 4.69) is 39.5 Å². The number of rotatable bonds is 5. The number of piperidine rings is 1. The Morgan fingerprint density at radius 3 is 2.43 bits per heavy atom. The molecule has 0 aliphatic carbocycles. The summed E-state index contributed by atoms with van der Waals surface area (Å²) in [6.45, 7) is 4.21. The zero-order valence-corrected chi connectivity index (χ0v) is 17.8. The molecule has 0 spiro atoms. The molecule has 0 unspecified atom stereocenters. The molecule has 1 aliphatic rings. The molecule has 1 amide bonds. The topological polar surface area (TPSA) is 58.1 Å². The average molecular weight is 421 g/mol. The molecule has 5 nitrogen and oxygen atoms in total. The minimum absolute atomic E-state index is 0.0350. The first kappa shape index (κ1) is 20.4. The maximum absolute atomic E-state index is 12.5. The van der Waals surface area contributed by atoms with Gasteiger partial charge in [0.1, 0.15) is 0 Å². The van der Waals surface area contributed by atoms with E-state index in [1.165, 1.54) is 5.56 Å². The fourth-order valence-electron chi connectivity index (χ4n) is 3.80. The molecular weight excluding hydrogens is 396 g/mol. The van der Waals surface area contributed by atoms with Crippen LogP contribution >= 0.6 is 11.6 Å². The second-order valence-corrected chi connectivity index (χ2v) is 8.13. The van der Waals surface area contributed by atoms with Crippen LogP contribution in [-0.2, 0) is 11.3 Å². The van der Waals surface area contributed by atoms with E-state index in [0.29, 0.717) is 11.6 Å². The average Bonchev–Trinajstić information content (AvgIpc) is 2.79. The van der Waals surface area contributed by atoms with Gasteiger partial charge in [-0.05, 0) is 55.2 Å². The Labute approximate surface area is 182 Å². The predicted octanol–water partition coefficient (Wildman–Crippen LogP) is 4.64. The number of amides is 1. The molecule has 3 aromatic rings. The SMILES string of the molecule is Cc1ccccc1-c1ccc(N2CCC(C(=O)NCc3ccc(Cl)cc3)CC2)nn1. The van der Waals surface area contributed by atoms with E-state index in [-0.39, 0.29) is 11.8 Å². The van der Waals surface area contributed by atoms with Gasteiger partial charge in [0, 0.05) is 36.1 Å². The van der Waals surface area contributed by atoms with Crippen molar-refractivity contribution in [3.05, 3.63) is 76.8 Å². The Balaban J connectivity index is 1.30. The van der Waals surface area contributed by atoms with Crippen LogP contribution in [0.1, 0.15) is 24.0 Å². The summed E-state index contributed by atoms with van der Waals surface area (Å²) in [5.74, 6) is 1.02. The van der Waals surface area contributed by atoms with Crippen molar-refractivity contribution in [1.29, 1.82) is 0 Å². The highest BCUT2D eigenvalue weighted by molar-refractivity contribution is 6.30. The maximum atomic E-state index is 12.5. The minimum atomic E-state index is 0.0350. The molecule has 1 N–H and O–H groups in total. The van der Waals surface area contributed by atoms with Crippen molar-refractivity contribution in [2.45, 2.75) is 26.3 Å². The van der Waals surface area contributed by atoms with Crippen LogP contribution in [0.3, 0.4) is 0 Å². The Hall–Kier alpha value is -2.92. The molecule has 2 heterocycles. The summed E-state index contributed by atoms with van der Waals surface area (Å²) in [6.07, 6.45) is 1.63. The number of hydrogen-bond donors (Lipinski definition) is 1. The zero-order chi connectivity index (χ0) is 20.9. The fourth-order valence-corrected chi connectivity index (χ4v) is 3.93. The van der Waals surface area contributed by atoms with Crippen molar-refractivity contribution < 1.29 is 4.79 Å². The Morgan fingerprint density at radius 2 is 1.77 bits per heavy atom. The zero-order valence-electron chi connectivity index (χ0n) is 17.0. The van der Waals surface area contributed by atoms with Gasteiger partial charge in [0.05, 0.1) is 5.69 Å². The van der Waals surface area contributed by atoms with E-state index >= 15 is 0 Å². The lowest BCUT2D eigenvalue weighted by atomic mass is 9.96. The van der Waals surface area contributed by atoms with Crippen LogP contribution < -0.4 is 10.2 Å². The first-order valence-corrected chi connectivity index (χ1v) is 10.6. The van der Waals surface area contributed by atoms with Crippen LogP contribution in [-0.4, -0.2) is 29.2 Å². The molecule has 0 bridgehead atoms. The molecule has 6 heteroatoms. The van der Waals surface area contributed by atoms with Crippen LogP contribution in [0.5, 0.6) is 0 Å². The smallest absolute Gasteiger partial charge is 0.223 e. The predicted molar refractivity (Wildman–Crippen MR) is 120 cm³/mol. The van der Waals surface area contributed by atoms with Crippen molar-refractivity contribution in [2.24, 2.45) is 5.92 Å². The van der Waals surface area contributed by atoms with Crippen LogP contribution in [0.4, 0.5) is 5.82 Å². The number of benzene rings is 2. The van der Waals surface area contributed by atoms with E-state index in [1.54, 1.807) is 0 Å². The van der Waals surface area contributed by atoms with E-state index < -0.39 is 0 Å². The molecule has 30 heavy (non-hydrogen) atoms. The summed E-state index contributed by atoms with van der Waals surface area (Å²) in [5, 5.41) is 12.6. The van der Waals surface area contributed by atoms with Crippen molar-refractivity contribution in [3.8, 4) is 11.3 Å². The van der Waals surface area contributed by atoms with Gasteiger partial charge in [0.15, 0.2) is 5.82 Å².